The Labute approximate surface area is 140 Å². The molecule has 0 aromatic heterocycles. The second kappa shape index (κ2) is 6.59. The van der Waals surface area contributed by atoms with Crippen molar-refractivity contribution < 1.29 is 9.47 Å². The lowest BCUT2D eigenvalue weighted by Gasteiger charge is -2.34. The van der Waals surface area contributed by atoms with E-state index >= 15 is 0 Å². The van der Waals surface area contributed by atoms with Crippen LogP contribution in [0.2, 0.25) is 0 Å². The fourth-order valence-corrected chi connectivity index (χ4v) is 4.25. The fraction of sp³-hybridized carbons (Fsp3) is 0.619. The Balaban J connectivity index is 1.90. The molecule has 2 aliphatic rings. The molecule has 3 atom stereocenters. The zero-order valence-electron chi connectivity index (χ0n) is 15.2. The zero-order chi connectivity index (χ0) is 16.6. The molecule has 0 bridgehead atoms. The summed E-state index contributed by atoms with van der Waals surface area (Å²) in [5.41, 5.74) is 5.60. The minimum atomic E-state index is 0.375. The highest BCUT2D eigenvalue weighted by Crippen LogP contribution is 2.52. The SMILES string of the molecule is CC(C)=CCC[C@H](C)[C@H]1CC[C@H](C)c2c1cc(C)c1c2OCO1. The summed E-state index contributed by atoms with van der Waals surface area (Å²) in [5.74, 6) is 3.95. The lowest BCUT2D eigenvalue weighted by molar-refractivity contribution is 0.172. The monoisotopic (exact) mass is 314 g/mol. The average Bonchev–Trinajstić information content (AvgIpc) is 2.97. The number of allylic oxidation sites excluding steroid dienone is 2. The third-order valence-corrected chi connectivity index (χ3v) is 5.56. The van der Waals surface area contributed by atoms with E-state index in [4.69, 9.17) is 9.47 Å². The number of aryl methyl sites for hydroxylation is 1. The minimum absolute atomic E-state index is 0.375. The van der Waals surface area contributed by atoms with Gasteiger partial charge < -0.3 is 9.47 Å². The molecule has 0 unspecified atom stereocenters. The average molecular weight is 314 g/mol. The molecule has 126 valence electrons. The molecule has 2 heteroatoms. The van der Waals surface area contributed by atoms with Crippen molar-refractivity contribution in [1.82, 2.24) is 0 Å². The standard InChI is InChI=1S/C21H30O2/c1-13(2)7-6-8-14(3)17-10-9-15(4)19-18(17)11-16(5)20-21(19)23-12-22-20/h7,11,14-15,17H,6,8-10,12H2,1-5H3/t14-,15-,17+/m0/s1. The van der Waals surface area contributed by atoms with Crippen LogP contribution >= 0.6 is 0 Å². The second-order valence-electron chi connectivity index (χ2n) is 7.68. The first kappa shape index (κ1) is 16.4. The number of hydrogen-bond acceptors (Lipinski definition) is 2. The molecule has 0 radical (unpaired) electrons. The molecule has 3 rings (SSSR count). The van der Waals surface area contributed by atoms with E-state index in [0.717, 1.165) is 11.5 Å². The van der Waals surface area contributed by atoms with E-state index in [-0.39, 0.29) is 0 Å². The summed E-state index contributed by atoms with van der Waals surface area (Å²) in [6, 6.07) is 2.38. The minimum Gasteiger partial charge on any atom is -0.453 e. The predicted molar refractivity (Wildman–Crippen MR) is 95.5 cm³/mol. The maximum absolute atomic E-state index is 5.86. The Morgan fingerprint density at radius 1 is 1.26 bits per heavy atom. The summed E-state index contributed by atoms with van der Waals surface area (Å²) >= 11 is 0. The van der Waals surface area contributed by atoms with Gasteiger partial charge in [0.05, 0.1) is 0 Å². The summed E-state index contributed by atoms with van der Waals surface area (Å²) in [7, 11) is 0. The van der Waals surface area contributed by atoms with E-state index in [1.54, 1.807) is 0 Å². The van der Waals surface area contributed by atoms with Gasteiger partial charge in [0.1, 0.15) is 0 Å². The van der Waals surface area contributed by atoms with E-state index in [0.29, 0.717) is 24.5 Å². The Kier molecular flexibility index (Phi) is 4.70. The number of benzene rings is 1. The largest absolute Gasteiger partial charge is 0.453 e. The Morgan fingerprint density at radius 2 is 2.00 bits per heavy atom. The lowest BCUT2D eigenvalue weighted by atomic mass is 9.70. The number of hydrogen-bond donors (Lipinski definition) is 0. The summed E-state index contributed by atoms with van der Waals surface area (Å²) in [4.78, 5) is 0. The van der Waals surface area contributed by atoms with E-state index < -0.39 is 0 Å². The van der Waals surface area contributed by atoms with E-state index in [2.05, 4.69) is 46.8 Å². The molecule has 1 aromatic carbocycles. The summed E-state index contributed by atoms with van der Waals surface area (Å²) < 4.78 is 11.6. The van der Waals surface area contributed by atoms with Crippen molar-refractivity contribution in [2.24, 2.45) is 5.92 Å². The van der Waals surface area contributed by atoms with Crippen LogP contribution in [-0.2, 0) is 0 Å². The Hall–Kier alpha value is -1.44. The van der Waals surface area contributed by atoms with Crippen molar-refractivity contribution in [1.29, 1.82) is 0 Å². The predicted octanol–water partition coefficient (Wildman–Crippen LogP) is 6.09. The zero-order valence-corrected chi connectivity index (χ0v) is 15.2. The van der Waals surface area contributed by atoms with Crippen LogP contribution in [0, 0.1) is 12.8 Å². The highest BCUT2D eigenvalue weighted by Gasteiger charge is 2.34. The Morgan fingerprint density at radius 3 is 2.74 bits per heavy atom. The maximum Gasteiger partial charge on any atom is 0.231 e. The van der Waals surface area contributed by atoms with Gasteiger partial charge in [0.25, 0.3) is 0 Å². The molecule has 0 spiro atoms. The topological polar surface area (TPSA) is 18.5 Å². The molecule has 2 nitrogen and oxygen atoms in total. The van der Waals surface area contributed by atoms with Gasteiger partial charge in [-0.2, -0.15) is 0 Å². The third kappa shape index (κ3) is 3.13. The van der Waals surface area contributed by atoms with Gasteiger partial charge >= 0.3 is 0 Å². The van der Waals surface area contributed by atoms with Gasteiger partial charge in [-0.3, -0.25) is 0 Å². The van der Waals surface area contributed by atoms with Gasteiger partial charge in [-0.15, -0.1) is 0 Å². The lowest BCUT2D eigenvalue weighted by Crippen LogP contribution is -2.19. The highest BCUT2D eigenvalue weighted by molar-refractivity contribution is 5.59. The highest BCUT2D eigenvalue weighted by atomic mass is 16.7. The van der Waals surface area contributed by atoms with Gasteiger partial charge in [-0.25, -0.2) is 0 Å². The number of fused-ring (bicyclic) bond motifs is 3. The van der Waals surface area contributed by atoms with Crippen LogP contribution in [-0.4, -0.2) is 6.79 Å². The van der Waals surface area contributed by atoms with E-state index in [9.17, 15) is 0 Å². The molecule has 1 heterocycles. The smallest absolute Gasteiger partial charge is 0.231 e. The quantitative estimate of drug-likeness (QED) is 0.626. The summed E-state index contributed by atoms with van der Waals surface area (Å²) in [6.45, 7) is 11.7. The summed E-state index contributed by atoms with van der Waals surface area (Å²) in [6.07, 6.45) is 7.37. The molecule has 0 fully saturated rings. The second-order valence-corrected chi connectivity index (χ2v) is 7.68. The molecule has 1 aliphatic carbocycles. The van der Waals surface area contributed by atoms with Crippen LogP contribution in [0.3, 0.4) is 0 Å². The molecule has 0 N–H and O–H groups in total. The van der Waals surface area contributed by atoms with Gasteiger partial charge in [0.15, 0.2) is 11.5 Å². The molecule has 0 saturated carbocycles. The first-order chi connectivity index (χ1) is 11.0. The molecule has 1 aliphatic heterocycles. The van der Waals surface area contributed by atoms with Crippen LogP contribution in [0.25, 0.3) is 0 Å². The maximum atomic E-state index is 5.86. The van der Waals surface area contributed by atoms with Crippen LogP contribution in [0.5, 0.6) is 11.5 Å². The number of rotatable bonds is 4. The van der Waals surface area contributed by atoms with Crippen LogP contribution in [0.15, 0.2) is 17.7 Å². The first-order valence-corrected chi connectivity index (χ1v) is 9.05. The van der Waals surface area contributed by atoms with Gasteiger partial charge in [0.2, 0.25) is 6.79 Å². The molecular weight excluding hydrogens is 284 g/mol. The molecular formula is C21H30O2. The molecule has 0 saturated heterocycles. The fourth-order valence-electron chi connectivity index (χ4n) is 4.25. The normalized spacial score (nSPS) is 23.3. The summed E-state index contributed by atoms with van der Waals surface area (Å²) in [5, 5.41) is 0. The Bertz CT molecular complexity index is 611. The van der Waals surface area contributed by atoms with E-state index in [1.165, 1.54) is 47.9 Å². The van der Waals surface area contributed by atoms with Crippen LogP contribution in [0.1, 0.15) is 81.9 Å². The van der Waals surface area contributed by atoms with Crippen molar-refractivity contribution in [3.05, 3.63) is 34.4 Å². The number of ether oxygens (including phenoxy) is 2. The van der Waals surface area contributed by atoms with Crippen molar-refractivity contribution in [2.45, 2.75) is 72.1 Å². The van der Waals surface area contributed by atoms with E-state index in [1.807, 2.05) is 0 Å². The van der Waals surface area contributed by atoms with Gasteiger partial charge in [-0.05, 0) is 75.3 Å². The van der Waals surface area contributed by atoms with Crippen molar-refractivity contribution in [2.75, 3.05) is 6.79 Å². The van der Waals surface area contributed by atoms with Crippen molar-refractivity contribution >= 4 is 0 Å². The van der Waals surface area contributed by atoms with Crippen LogP contribution < -0.4 is 9.47 Å². The first-order valence-electron chi connectivity index (χ1n) is 9.05. The van der Waals surface area contributed by atoms with Crippen molar-refractivity contribution in [3.8, 4) is 11.5 Å². The van der Waals surface area contributed by atoms with Crippen molar-refractivity contribution in [3.63, 3.8) is 0 Å². The molecule has 0 amide bonds. The van der Waals surface area contributed by atoms with Gasteiger partial charge in [0, 0.05) is 5.56 Å². The molecule has 1 aromatic rings. The molecule has 23 heavy (non-hydrogen) atoms. The van der Waals surface area contributed by atoms with Crippen LogP contribution in [0.4, 0.5) is 0 Å². The third-order valence-electron chi connectivity index (χ3n) is 5.56. The van der Waals surface area contributed by atoms with Gasteiger partial charge in [-0.1, -0.05) is 31.6 Å².